The second-order valence-corrected chi connectivity index (χ2v) is 6.61. The molecule has 0 radical (unpaired) electrons. The van der Waals surface area contributed by atoms with Gasteiger partial charge in [0.05, 0.1) is 18.4 Å². The van der Waals surface area contributed by atoms with E-state index >= 15 is 0 Å². The van der Waals surface area contributed by atoms with E-state index in [-0.39, 0.29) is 30.8 Å². The predicted octanol–water partition coefficient (Wildman–Crippen LogP) is 3.68. The molecule has 1 atom stereocenters. The summed E-state index contributed by atoms with van der Waals surface area (Å²) in [5.74, 6) is -0.0405. The lowest BCUT2D eigenvalue weighted by molar-refractivity contribution is -0.136. The van der Waals surface area contributed by atoms with Crippen LogP contribution in [0, 0.1) is 0 Å². The average Bonchev–Trinajstić information content (AvgIpc) is 3.04. The van der Waals surface area contributed by atoms with Crippen LogP contribution in [-0.4, -0.2) is 25.6 Å². The second-order valence-electron chi connectivity index (χ2n) is 6.17. The van der Waals surface area contributed by atoms with Gasteiger partial charge in [0, 0.05) is 23.0 Å². The highest BCUT2D eigenvalue weighted by Crippen LogP contribution is 2.42. The highest BCUT2D eigenvalue weighted by Gasteiger charge is 2.42. The number of hydrogen-bond donors (Lipinski definition) is 0. The Kier molecular flexibility index (Phi) is 4.17. The number of nitrogens with zero attached hydrogens (tertiary/aromatic N) is 1. The van der Waals surface area contributed by atoms with Crippen molar-refractivity contribution in [2.75, 3.05) is 18.6 Å². The van der Waals surface area contributed by atoms with Crippen molar-refractivity contribution in [2.45, 2.75) is 12.3 Å². The maximum atomic E-state index is 12.9. The molecular formula is C20H16ClNO4. The molecule has 5 nitrogen and oxygen atoms in total. The zero-order chi connectivity index (χ0) is 18.3. The third-order valence-corrected chi connectivity index (χ3v) is 4.97. The molecule has 1 amide bonds. The predicted molar refractivity (Wildman–Crippen MR) is 97.3 cm³/mol. The summed E-state index contributed by atoms with van der Waals surface area (Å²) in [6, 6.07) is 14.4. The summed E-state index contributed by atoms with van der Waals surface area (Å²) >= 11 is 5.94. The monoisotopic (exact) mass is 369 g/mol. The molecule has 0 saturated heterocycles. The van der Waals surface area contributed by atoms with Crippen LogP contribution in [0.25, 0.3) is 0 Å². The van der Waals surface area contributed by atoms with E-state index in [0.29, 0.717) is 22.0 Å². The summed E-state index contributed by atoms with van der Waals surface area (Å²) in [6.45, 7) is 0.0924. The number of carbonyl (C=O) groups is 2. The number of carbonyl (C=O) groups excluding carboxylic acids is 2. The Morgan fingerprint density at radius 3 is 2.42 bits per heavy atom. The molecule has 0 bridgehead atoms. The zero-order valence-corrected chi connectivity index (χ0v) is 14.8. The SMILES string of the molecule is COc1ccc(C2CC(=O)N(c3ccc(Cl)cc3)C3=C2C(=O)OC3)cc1. The first-order valence-corrected chi connectivity index (χ1v) is 8.59. The van der Waals surface area contributed by atoms with Crippen molar-refractivity contribution in [3.05, 3.63) is 70.4 Å². The van der Waals surface area contributed by atoms with Gasteiger partial charge >= 0.3 is 5.97 Å². The summed E-state index contributed by atoms with van der Waals surface area (Å²) in [7, 11) is 1.60. The van der Waals surface area contributed by atoms with Gasteiger partial charge in [0.25, 0.3) is 0 Å². The van der Waals surface area contributed by atoms with E-state index < -0.39 is 0 Å². The molecular weight excluding hydrogens is 354 g/mol. The fourth-order valence-electron chi connectivity index (χ4n) is 3.46. The number of rotatable bonds is 3. The number of ether oxygens (including phenoxy) is 2. The van der Waals surface area contributed by atoms with Gasteiger partial charge in [-0.1, -0.05) is 23.7 Å². The van der Waals surface area contributed by atoms with Gasteiger partial charge in [-0.15, -0.1) is 0 Å². The summed E-state index contributed by atoms with van der Waals surface area (Å²) < 4.78 is 10.4. The first-order valence-electron chi connectivity index (χ1n) is 8.21. The van der Waals surface area contributed by atoms with Crippen LogP contribution in [0.1, 0.15) is 17.9 Å². The number of cyclic esters (lactones) is 1. The number of esters is 1. The molecule has 0 aliphatic carbocycles. The Morgan fingerprint density at radius 2 is 1.77 bits per heavy atom. The molecule has 0 N–H and O–H groups in total. The highest BCUT2D eigenvalue weighted by atomic mass is 35.5. The van der Waals surface area contributed by atoms with Crippen molar-refractivity contribution >= 4 is 29.2 Å². The molecule has 6 heteroatoms. The van der Waals surface area contributed by atoms with Crippen molar-refractivity contribution in [1.29, 1.82) is 0 Å². The van der Waals surface area contributed by atoms with Crippen LogP contribution >= 0.6 is 11.6 Å². The van der Waals surface area contributed by atoms with Gasteiger partial charge in [0.1, 0.15) is 12.4 Å². The Hall–Kier alpha value is -2.79. The summed E-state index contributed by atoms with van der Waals surface area (Å²) in [4.78, 5) is 26.9. The molecule has 0 saturated carbocycles. The van der Waals surface area contributed by atoms with Crippen LogP contribution in [0.5, 0.6) is 5.75 Å². The normalized spacial score (nSPS) is 19.5. The van der Waals surface area contributed by atoms with E-state index in [9.17, 15) is 9.59 Å². The lowest BCUT2D eigenvalue weighted by Gasteiger charge is -2.31. The molecule has 0 aromatic heterocycles. The highest BCUT2D eigenvalue weighted by molar-refractivity contribution is 6.30. The van der Waals surface area contributed by atoms with Crippen LogP contribution in [0.15, 0.2) is 59.8 Å². The largest absolute Gasteiger partial charge is 0.497 e. The quantitative estimate of drug-likeness (QED) is 0.774. The minimum absolute atomic E-state index is 0.0785. The molecule has 26 heavy (non-hydrogen) atoms. The molecule has 0 spiro atoms. The minimum Gasteiger partial charge on any atom is -0.497 e. The Balaban J connectivity index is 1.78. The van der Waals surface area contributed by atoms with E-state index in [1.54, 1.807) is 36.3 Å². The molecule has 2 aromatic carbocycles. The van der Waals surface area contributed by atoms with Gasteiger partial charge in [0.15, 0.2) is 0 Å². The molecule has 2 aromatic rings. The molecule has 0 fully saturated rings. The maximum absolute atomic E-state index is 12.9. The van der Waals surface area contributed by atoms with E-state index in [2.05, 4.69) is 0 Å². The number of methoxy groups -OCH3 is 1. The molecule has 2 aliphatic rings. The summed E-state index contributed by atoms with van der Waals surface area (Å²) in [5, 5.41) is 0.585. The van der Waals surface area contributed by atoms with E-state index in [1.807, 2.05) is 24.3 Å². The van der Waals surface area contributed by atoms with Gasteiger partial charge in [0.2, 0.25) is 5.91 Å². The summed E-state index contributed by atoms with van der Waals surface area (Å²) in [5.41, 5.74) is 2.72. The lowest BCUT2D eigenvalue weighted by Crippen LogP contribution is -2.37. The van der Waals surface area contributed by atoms with Crippen molar-refractivity contribution in [3.8, 4) is 5.75 Å². The fourth-order valence-corrected chi connectivity index (χ4v) is 3.59. The van der Waals surface area contributed by atoms with E-state index in [4.69, 9.17) is 21.1 Å². The smallest absolute Gasteiger partial charge is 0.336 e. The number of halogens is 1. The first kappa shape index (κ1) is 16.7. The second kappa shape index (κ2) is 6.50. The van der Waals surface area contributed by atoms with Crippen molar-refractivity contribution in [3.63, 3.8) is 0 Å². The van der Waals surface area contributed by atoms with Crippen molar-refractivity contribution in [1.82, 2.24) is 0 Å². The Morgan fingerprint density at radius 1 is 1.08 bits per heavy atom. The zero-order valence-electron chi connectivity index (χ0n) is 14.1. The molecule has 1 unspecified atom stereocenters. The van der Waals surface area contributed by atoms with Crippen molar-refractivity contribution in [2.24, 2.45) is 0 Å². The lowest BCUT2D eigenvalue weighted by atomic mass is 9.84. The van der Waals surface area contributed by atoms with Gasteiger partial charge in [-0.2, -0.15) is 0 Å². The van der Waals surface area contributed by atoms with Crippen LogP contribution in [0.3, 0.4) is 0 Å². The molecule has 2 aliphatic heterocycles. The van der Waals surface area contributed by atoms with E-state index in [1.165, 1.54) is 0 Å². The van der Waals surface area contributed by atoms with Gasteiger partial charge in [-0.05, 0) is 42.0 Å². The van der Waals surface area contributed by atoms with Crippen molar-refractivity contribution < 1.29 is 19.1 Å². The van der Waals surface area contributed by atoms with E-state index in [0.717, 1.165) is 11.3 Å². The Bertz CT molecular complexity index is 902. The van der Waals surface area contributed by atoms with Gasteiger partial charge < -0.3 is 9.47 Å². The standard InChI is InChI=1S/C20H16ClNO4/c1-25-15-8-2-12(3-9-15)16-10-18(23)22(14-6-4-13(21)5-7-14)17-11-26-20(24)19(16)17/h2-9,16H,10-11H2,1H3. The topological polar surface area (TPSA) is 55.8 Å². The molecule has 132 valence electrons. The first-order chi connectivity index (χ1) is 12.6. The van der Waals surface area contributed by atoms with Crippen LogP contribution in [-0.2, 0) is 14.3 Å². The fraction of sp³-hybridized carbons (Fsp3) is 0.200. The third-order valence-electron chi connectivity index (χ3n) is 4.72. The number of anilines is 1. The minimum atomic E-state index is -0.368. The Labute approximate surface area is 155 Å². The van der Waals surface area contributed by atoms with Gasteiger partial charge in [-0.25, -0.2) is 4.79 Å². The summed E-state index contributed by atoms with van der Waals surface area (Å²) in [6.07, 6.45) is 0.197. The van der Waals surface area contributed by atoms with Crippen LogP contribution < -0.4 is 9.64 Å². The number of amides is 1. The van der Waals surface area contributed by atoms with Crippen LogP contribution in [0.2, 0.25) is 5.02 Å². The molecule has 2 heterocycles. The number of benzene rings is 2. The molecule has 4 rings (SSSR count). The maximum Gasteiger partial charge on any atom is 0.336 e. The van der Waals surface area contributed by atoms with Gasteiger partial charge in [-0.3, -0.25) is 9.69 Å². The average molecular weight is 370 g/mol. The third kappa shape index (κ3) is 2.74. The number of hydrogen-bond acceptors (Lipinski definition) is 4. The van der Waals surface area contributed by atoms with Crippen LogP contribution in [0.4, 0.5) is 5.69 Å².